The molecule has 0 radical (unpaired) electrons. The maximum atomic E-state index is 11.9. The first-order chi connectivity index (χ1) is 11.5. The number of fused-ring (bicyclic) bond motifs is 1. The molecule has 5 nitrogen and oxygen atoms in total. The second kappa shape index (κ2) is 7.36. The van der Waals surface area contributed by atoms with E-state index in [1.807, 2.05) is 24.3 Å². The van der Waals surface area contributed by atoms with E-state index in [0.29, 0.717) is 5.69 Å². The zero-order chi connectivity index (χ0) is 17.1. The number of thiazole rings is 1. The summed E-state index contributed by atoms with van der Waals surface area (Å²) in [4.78, 5) is 16.4. The van der Waals surface area contributed by atoms with Crippen molar-refractivity contribution < 1.29 is 9.53 Å². The third kappa shape index (κ3) is 3.96. The normalized spacial score (nSPS) is 10.9. The molecule has 3 N–H and O–H groups in total. The van der Waals surface area contributed by atoms with Crippen LogP contribution in [-0.4, -0.2) is 17.5 Å². The standard InChI is InChI=1S/C16H13Cl2N3O2S/c17-10-5-9(6-11(18)16(10)19)20-14(22)7-23-8-15-21-12-3-1-2-4-13(12)24-15/h1-6H,7-8,19H2,(H,20,22). The Balaban J connectivity index is 1.54. The fourth-order valence-corrected chi connectivity index (χ4v) is 3.46. The Morgan fingerprint density at radius 3 is 2.67 bits per heavy atom. The highest BCUT2D eigenvalue weighted by molar-refractivity contribution is 7.18. The minimum absolute atomic E-state index is 0.102. The third-order valence-electron chi connectivity index (χ3n) is 3.16. The highest BCUT2D eigenvalue weighted by Crippen LogP contribution is 2.31. The Morgan fingerprint density at radius 1 is 1.25 bits per heavy atom. The number of para-hydroxylation sites is 1. The molecule has 0 aliphatic carbocycles. The Bertz CT molecular complexity index is 842. The van der Waals surface area contributed by atoms with Crippen molar-refractivity contribution in [2.24, 2.45) is 0 Å². The summed E-state index contributed by atoms with van der Waals surface area (Å²) in [6, 6.07) is 10.9. The van der Waals surface area contributed by atoms with E-state index in [-0.39, 0.29) is 34.9 Å². The number of hydrogen-bond acceptors (Lipinski definition) is 5. The van der Waals surface area contributed by atoms with Crippen LogP contribution in [0.1, 0.15) is 5.01 Å². The van der Waals surface area contributed by atoms with Gasteiger partial charge in [-0.05, 0) is 24.3 Å². The number of hydrogen-bond donors (Lipinski definition) is 2. The van der Waals surface area contributed by atoms with Crippen LogP contribution >= 0.6 is 34.5 Å². The number of nitrogen functional groups attached to an aromatic ring is 1. The van der Waals surface area contributed by atoms with Gasteiger partial charge in [-0.1, -0.05) is 35.3 Å². The quantitative estimate of drug-likeness (QED) is 0.644. The van der Waals surface area contributed by atoms with Crippen LogP contribution in [0.3, 0.4) is 0 Å². The number of rotatable bonds is 5. The summed E-state index contributed by atoms with van der Waals surface area (Å²) in [5, 5.41) is 4.05. The monoisotopic (exact) mass is 381 g/mol. The molecule has 1 aromatic heterocycles. The van der Waals surface area contributed by atoms with Crippen LogP contribution in [0.5, 0.6) is 0 Å². The molecule has 0 bridgehead atoms. The van der Waals surface area contributed by atoms with E-state index >= 15 is 0 Å². The van der Waals surface area contributed by atoms with Crippen molar-refractivity contribution in [3.8, 4) is 0 Å². The summed E-state index contributed by atoms with van der Waals surface area (Å²) in [5.41, 5.74) is 7.33. The molecule has 0 saturated carbocycles. The van der Waals surface area contributed by atoms with E-state index in [0.717, 1.165) is 15.2 Å². The lowest BCUT2D eigenvalue weighted by Gasteiger charge is -2.08. The topological polar surface area (TPSA) is 77.2 Å². The van der Waals surface area contributed by atoms with Crippen molar-refractivity contribution in [1.29, 1.82) is 0 Å². The molecule has 124 valence electrons. The van der Waals surface area contributed by atoms with E-state index in [4.69, 9.17) is 33.7 Å². The molecule has 0 spiro atoms. The number of nitrogens with one attached hydrogen (secondary N) is 1. The van der Waals surface area contributed by atoms with Gasteiger partial charge in [0.05, 0.1) is 32.6 Å². The van der Waals surface area contributed by atoms with Crippen LogP contribution in [0.25, 0.3) is 10.2 Å². The molecule has 1 heterocycles. The van der Waals surface area contributed by atoms with Gasteiger partial charge in [0, 0.05) is 5.69 Å². The van der Waals surface area contributed by atoms with E-state index in [1.54, 1.807) is 11.3 Å². The van der Waals surface area contributed by atoms with E-state index < -0.39 is 0 Å². The van der Waals surface area contributed by atoms with Gasteiger partial charge in [-0.15, -0.1) is 11.3 Å². The van der Waals surface area contributed by atoms with Crippen LogP contribution < -0.4 is 11.1 Å². The van der Waals surface area contributed by atoms with Crippen LogP contribution in [0.15, 0.2) is 36.4 Å². The van der Waals surface area contributed by atoms with E-state index in [1.165, 1.54) is 12.1 Å². The summed E-state index contributed by atoms with van der Waals surface area (Å²) in [5.74, 6) is -0.312. The summed E-state index contributed by atoms with van der Waals surface area (Å²) < 4.78 is 6.50. The molecule has 3 aromatic rings. The fraction of sp³-hybridized carbons (Fsp3) is 0.125. The number of aromatic nitrogens is 1. The number of amides is 1. The van der Waals surface area contributed by atoms with Crippen LogP contribution in [0, 0.1) is 0 Å². The van der Waals surface area contributed by atoms with E-state index in [9.17, 15) is 4.79 Å². The minimum Gasteiger partial charge on any atom is -0.396 e. The summed E-state index contributed by atoms with van der Waals surface area (Å²) in [7, 11) is 0. The van der Waals surface area contributed by atoms with Crippen LogP contribution in [0.4, 0.5) is 11.4 Å². The Morgan fingerprint density at radius 2 is 1.96 bits per heavy atom. The fourth-order valence-electron chi connectivity index (χ4n) is 2.07. The van der Waals surface area contributed by atoms with Gasteiger partial charge < -0.3 is 15.8 Å². The molecular weight excluding hydrogens is 369 g/mol. The van der Waals surface area contributed by atoms with Gasteiger partial charge in [0.15, 0.2) is 0 Å². The summed E-state index contributed by atoms with van der Waals surface area (Å²) >= 11 is 13.4. The third-order valence-corrected chi connectivity index (χ3v) is 4.79. The van der Waals surface area contributed by atoms with Crippen LogP contribution in [-0.2, 0) is 16.1 Å². The predicted octanol–water partition coefficient (Wildman–Crippen LogP) is 4.34. The molecule has 24 heavy (non-hydrogen) atoms. The average Bonchev–Trinajstić information content (AvgIpc) is 2.95. The number of carbonyl (C=O) groups excluding carboxylic acids is 1. The van der Waals surface area contributed by atoms with Gasteiger partial charge in [-0.2, -0.15) is 0 Å². The van der Waals surface area contributed by atoms with Crippen molar-refractivity contribution in [1.82, 2.24) is 4.98 Å². The molecule has 0 unspecified atom stereocenters. The Hall–Kier alpha value is -1.86. The van der Waals surface area contributed by atoms with Gasteiger partial charge in [0.25, 0.3) is 0 Å². The lowest BCUT2D eigenvalue weighted by Crippen LogP contribution is -2.18. The van der Waals surface area contributed by atoms with Crippen molar-refractivity contribution >= 4 is 62.0 Å². The average molecular weight is 382 g/mol. The molecule has 0 saturated heterocycles. The molecular formula is C16H13Cl2N3O2S. The molecule has 1 amide bonds. The number of nitrogens with two attached hydrogens (primary N) is 1. The van der Waals surface area contributed by atoms with Gasteiger partial charge in [0.1, 0.15) is 11.6 Å². The number of benzene rings is 2. The second-order valence-corrected chi connectivity index (χ2v) is 6.90. The molecule has 0 aliphatic heterocycles. The van der Waals surface area contributed by atoms with Crippen molar-refractivity contribution in [3.05, 3.63) is 51.5 Å². The second-order valence-electron chi connectivity index (χ2n) is 4.97. The first-order valence-electron chi connectivity index (χ1n) is 6.99. The number of halogens is 2. The molecule has 0 atom stereocenters. The smallest absolute Gasteiger partial charge is 0.250 e. The first-order valence-corrected chi connectivity index (χ1v) is 8.57. The molecule has 3 rings (SSSR count). The Kier molecular flexibility index (Phi) is 5.20. The Labute approximate surface area is 152 Å². The number of anilines is 2. The zero-order valence-corrected chi connectivity index (χ0v) is 14.7. The number of ether oxygens (including phenoxy) is 1. The van der Waals surface area contributed by atoms with Gasteiger partial charge >= 0.3 is 0 Å². The summed E-state index contributed by atoms with van der Waals surface area (Å²) in [6.45, 7) is 0.172. The zero-order valence-electron chi connectivity index (χ0n) is 12.4. The number of carbonyl (C=O) groups is 1. The molecule has 2 aromatic carbocycles. The largest absolute Gasteiger partial charge is 0.396 e. The van der Waals surface area contributed by atoms with Crippen LogP contribution in [0.2, 0.25) is 10.0 Å². The van der Waals surface area contributed by atoms with Crippen molar-refractivity contribution in [2.45, 2.75) is 6.61 Å². The molecule has 0 fully saturated rings. The SMILES string of the molecule is Nc1c(Cl)cc(NC(=O)COCc2nc3ccccc3s2)cc1Cl. The first kappa shape index (κ1) is 17.0. The predicted molar refractivity (Wildman–Crippen MR) is 98.8 cm³/mol. The van der Waals surface area contributed by atoms with E-state index in [2.05, 4.69) is 10.3 Å². The minimum atomic E-state index is -0.312. The van der Waals surface area contributed by atoms with Gasteiger partial charge in [0.2, 0.25) is 5.91 Å². The van der Waals surface area contributed by atoms with Crippen molar-refractivity contribution in [2.75, 3.05) is 17.7 Å². The lowest BCUT2D eigenvalue weighted by molar-refractivity contribution is -0.121. The van der Waals surface area contributed by atoms with Gasteiger partial charge in [-0.25, -0.2) is 4.98 Å². The highest BCUT2D eigenvalue weighted by Gasteiger charge is 2.09. The molecule has 8 heteroatoms. The maximum absolute atomic E-state index is 11.9. The van der Waals surface area contributed by atoms with Crippen molar-refractivity contribution in [3.63, 3.8) is 0 Å². The van der Waals surface area contributed by atoms with Gasteiger partial charge in [-0.3, -0.25) is 4.79 Å². The number of nitrogens with zero attached hydrogens (tertiary/aromatic N) is 1. The highest BCUT2D eigenvalue weighted by atomic mass is 35.5. The molecule has 0 aliphatic rings. The maximum Gasteiger partial charge on any atom is 0.250 e. The summed E-state index contributed by atoms with van der Waals surface area (Å²) in [6.07, 6.45) is 0. The lowest BCUT2D eigenvalue weighted by atomic mass is 10.3.